The number of aryl methyl sites for hydroxylation is 4. The van der Waals surface area contributed by atoms with Crippen LogP contribution in [0.1, 0.15) is 41.5 Å². The first-order valence-electron chi connectivity index (χ1n) is 7.94. The lowest BCUT2D eigenvalue weighted by Crippen LogP contribution is -1.58. The second-order valence-corrected chi connectivity index (χ2v) is 49.9. The molecule has 2 aromatic heterocycles. The third-order valence-corrected chi connectivity index (χ3v) is 98.0. The van der Waals surface area contributed by atoms with Gasteiger partial charge < -0.3 is 0 Å². The SMILES string of the molecule is CCp1p(CC)p2p(CC)p(CC)p(CC)p2p1CC. The van der Waals surface area contributed by atoms with Gasteiger partial charge in [-0.25, -0.2) is 0 Å². The first-order chi connectivity index (χ1) is 9.69. The number of hydrogen-bond donors (Lipinski definition) is 0. The maximum atomic E-state index is 2.57. The van der Waals surface area contributed by atoms with Gasteiger partial charge in [-0.15, -0.1) is 0 Å². The van der Waals surface area contributed by atoms with Crippen molar-refractivity contribution in [3.05, 3.63) is 0 Å². The fourth-order valence-corrected chi connectivity index (χ4v) is 181. The van der Waals surface area contributed by atoms with Crippen molar-refractivity contribution in [1.82, 2.24) is 0 Å². The van der Waals surface area contributed by atoms with Gasteiger partial charge >= 0.3 is 0 Å². The van der Waals surface area contributed by atoms with E-state index in [2.05, 4.69) is 41.5 Å². The van der Waals surface area contributed by atoms with Gasteiger partial charge in [-0.3, -0.25) is 0 Å². The largest absolute Gasteiger partial charge is 0.0752 e. The molecule has 2 aromatic rings. The Kier molecular flexibility index (Phi) is 7.95. The van der Waals surface area contributed by atoms with Crippen LogP contribution in [0.3, 0.4) is 0 Å². The summed E-state index contributed by atoms with van der Waals surface area (Å²) in [5.41, 5.74) is 0. The molecule has 4 unspecified atom stereocenters. The summed E-state index contributed by atoms with van der Waals surface area (Å²) in [7, 11) is 0. The summed E-state index contributed by atoms with van der Waals surface area (Å²) in [6, 6.07) is 0. The van der Waals surface area contributed by atoms with Crippen molar-refractivity contribution in [3.63, 3.8) is 0 Å². The average Bonchev–Trinajstić information content (AvgIpc) is 2.96. The summed E-state index contributed by atoms with van der Waals surface area (Å²) in [6.45, 7) is 18.7. The predicted molar refractivity (Wildman–Crippen MR) is 117 cm³/mol. The van der Waals surface area contributed by atoms with Gasteiger partial charge in [0.15, 0.2) is 0 Å². The number of fused-ring (bicyclic) bond motifs is 1. The fourth-order valence-electron chi connectivity index (χ4n) is 3.03. The van der Waals surface area contributed by atoms with Gasteiger partial charge in [0.1, 0.15) is 0 Å². The molecule has 20 heavy (non-hydrogen) atoms. The molecule has 0 N–H and O–H groups in total. The van der Waals surface area contributed by atoms with E-state index in [1.165, 1.54) is 0 Å². The van der Waals surface area contributed by atoms with Gasteiger partial charge in [0, 0.05) is 0 Å². The molecule has 0 saturated carbocycles. The zero-order valence-electron chi connectivity index (χ0n) is 13.8. The molecule has 0 spiro atoms. The number of rotatable bonds is 6. The third kappa shape index (κ3) is 3.02. The molecule has 0 aromatic carbocycles. The molecule has 118 valence electrons. The lowest BCUT2D eigenvalue weighted by molar-refractivity contribution is 1.37. The van der Waals surface area contributed by atoms with E-state index in [4.69, 9.17) is 0 Å². The van der Waals surface area contributed by atoms with Crippen LogP contribution in [0.4, 0.5) is 0 Å². The van der Waals surface area contributed by atoms with Crippen molar-refractivity contribution < 1.29 is 0 Å². The third-order valence-electron chi connectivity index (χ3n) is 3.75. The molecule has 0 amide bonds. The molecule has 0 aliphatic carbocycles. The molecule has 2 rings (SSSR count). The van der Waals surface area contributed by atoms with Crippen LogP contribution in [0.2, 0.25) is 0 Å². The first-order valence-corrected chi connectivity index (χ1v) is 26.1. The van der Waals surface area contributed by atoms with Crippen molar-refractivity contribution in [2.24, 2.45) is 0 Å². The Labute approximate surface area is 132 Å². The Morgan fingerprint density at radius 1 is 0.350 bits per heavy atom. The molecule has 8 heteroatoms. The minimum atomic E-state index is 0.538. The average molecular weight is 422 g/mol. The summed E-state index contributed by atoms with van der Waals surface area (Å²) in [5.74, 6) is 0. The molecular formula is C12H30P8. The molecule has 0 fully saturated rings. The van der Waals surface area contributed by atoms with Crippen molar-refractivity contribution in [2.45, 2.75) is 78.5 Å². The standard InChI is InChI=1S/C12H30P8/c1-7-13-15(9-3)19-17(11-5)14(8-2)18(12-6)20(19)16(13)10-4/h7-12H2,1-6H3. The predicted octanol–water partition coefficient (Wildman–Crippen LogP) is 11.1. The fraction of sp³-hybridized carbons (Fsp3) is 1.00. The van der Waals surface area contributed by atoms with Crippen LogP contribution in [0.25, 0.3) is 0 Å². The molecular weight excluding hydrogens is 392 g/mol. The minimum absolute atomic E-state index is 0.538. The quantitative estimate of drug-likeness (QED) is 0.434. The van der Waals surface area contributed by atoms with Crippen molar-refractivity contribution in [3.8, 4) is 0 Å². The van der Waals surface area contributed by atoms with Crippen molar-refractivity contribution in [2.75, 3.05) is 0 Å². The monoisotopic (exact) mass is 422 g/mol. The summed E-state index contributed by atoms with van der Waals surface area (Å²) in [6.07, 6.45) is 10.9. The highest BCUT2D eigenvalue weighted by Gasteiger charge is 2.22. The molecule has 0 saturated heterocycles. The maximum absolute atomic E-state index is 2.57. The molecule has 4 atom stereocenters. The van der Waals surface area contributed by atoms with Crippen LogP contribution in [0.15, 0.2) is 0 Å². The molecule has 0 aliphatic heterocycles. The van der Waals surface area contributed by atoms with E-state index in [9.17, 15) is 0 Å². The van der Waals surface area contributed by atoms with Gasteiger partial charge in [0.2, 0.25) is 0 Å². The van der Waals surface area contributed by atoms with E-state index in [-0.39, 0.29) is 0 Å². The van der Waals surface area contributed by atoms with E-state index < -0.39 is 0 Å². The molecule has 0 bridgehead atoms. The van der Waals surface area contributed by atoms with E-state index in [0.717, 1.165) is 0 Å². The highest BCUT2D eigenvalue weighted by molar-refractivity contribution is 8.93. The minimum Gasteiger partial charge on any atom is -0.0752 e. The Morgan fingerprint density at radius 3 is 0.700 bits per heavy atom. The summed E-state index contributed by atoms with van der Waals surface area (Å²) in [5, 5.41) is 0. The summed E-state index contributed by atoms with van der Waals surface area (Å²) in [4.78, 5) is 0. The molecule has 0 radical (unpaired) electrons. The zero-order chi connectivity index (χ0) is 14.9. The lowest BCUT2D eigenvalue weighted by Gasteiger charge is -2.10. The molecule has 2 heterocycles. The Morgan fingerprint density at radius 2 is 0.550 bits per heavy atom. The van der Waals surface area contributed by atoms with Gasteiger partial charge in [0.05, 0.1) is 0 Å². The van der Waals surface area contributed by atoms with Crippen molar-refractivity contribution >= 4 is 54.1 Å². The highest BCUT2D eigenvalue weighted by atomic mass is 32.9. The van der Waals surface area contributed by atoms with Gasteiger partial charge in [-0.2, -0.15) is 0 Å². The summed E-state index contributed by atoms with van der Waals surface area (Å²) >= 11 is 0. The normalized spacial score (nSPS) is 18.9. The smallest absolute Gasteiger partial charge is 0.00883 e. The van der Waals surface area contributed by atoms with Crippen LogP contribution in [-0.2, 0) is 37.0 Å². The van der Waals surface area contributed by atoms with Crippen LogP contribution in [0, 0.1) is 0 Å². The molecule has 0 aliphatic rings. The maximum Gasteiger partial charge on any atom is -0.00883 e. The van der Waals surface area contributed by atoms with Gasteiger partial charge in [0.25, 0.3) is 0 Å². The van der Waals surface area contributed by atoms with E-state index in [1.807, 2.05) is 0 Å². The Balaban J connectivity index is 2.98. The van der Waals surface area contributed by atoms with Crippen LogP contribution in [-0.4, -0.2) is 0 Å². The Hall–Kier alpha value is 2.40. The van der Waals surface area contributed by atoms with Gasteiger partial charge in [-0.1, -0.05) is 82.9 Å². The lowest BCUT2D eigenvalue weighted by atomic mass is 11.0. The topological polar surface area (TPSA) is 0 Å². The summed E-state index contributed by atoms with van der Waals surface area (Å²) < 4.78 is 0. The van der Waals surface area contributed by atoms with E-state index in [1.54, 1.807) is 37.0 Å². The van der Waals surface area contributed by atoms with E-state index >= 15 is 0 Å². The Bertz CT molecular complexity index is 512. The van der Waals surface area contributed by atoms with E-state index in [0.29, 0.717) is 54.1 Å². The van der Waals surface area contributed by atoms with Crippen LogP contribution in [0.5, 0.6) is 0 Å². The van der Waals surface area contributed by atoms with Crippen molar-refractivity contribution in [1.29, 1.82) is 0 Å². The highest BCUT2D eigenvalue weighted by Crippen LogP contribution is 3.01. The second kappa shape index (κ2) is 8.48. The van der Waals surface area contributed by atoms with Crippen LogP contribution < -0.4 is 0 Å². The van der Waals surface area contributed by atoms with Crippen LogP contribution >= 0.6 is 54.1 Å². The zero-order valence-corrected chi connectivity index (χ0v) is 21.0. The first kappa shape index (κ1) is 18.7. The second-order valence-electron chi connectivity index (χ2n) is 4.67. The number of hydrogen-bond acceptors (Lipinski definition) is 0. The van der Waals surface area contributed by atoms with Gasteiger partial charge in [-0.05, 0) is 49.7 Å². The molecule has 0 nitrogen and oxygen atoms in total.